The standard InChI is InChI=1S/C19H15F2N3O/c1-12-4-2-3-5-15(12)19(25)24-14-7-9-18(22-11-14)23-13-6-8-16(20)17(21)10-13/h2-11H,1H3,(H,22,23)(H,24,25). The third-order valence-corrected chi connectivity index (χ3v) is 3.60. The quantitative estimate of drug-likeness (QED) is 0.727. The van der Waals surface area contributed by atoms with Crippen molar-refractivity contribution in [1.29, 1.82) is 0 Å². The van der Waals surface area contributed by atoms with E-state index >= 15 is 0 Å². The first kappa shape index (κ1) is 16.6. The number of carbonyl (C=O) groups excluding carboxylic acids is 1. The summed E-state index contributed by atoms with van der Waals surface area (Å²) in [7, 11) is 0. The number of carbonyl (C=O) groups is 1. The molecular formula is C19H15F2N3O. The molecule has 0 unspecified atom stereocenters. The minimum absolute atomic E-state index is 0.221. The Balaban J connectivity index is 1.69. The van der Waals surface area contributed by atoms with E-state index in [4.69, 9.17) is 0 Å². The van der Waals surface area contributed by atoms with E-state index in [2.05, 4.69) is 15.6 Å². The molecule has 6 heteroatoms. The minimum atomic E-state index is -0.938. The van der Waals surface area contributed by atoms with Gasteiger partial charge in [-0.05, 0) is 42.8 Å². The highest BCUT2D eigenvalue weighted by molar-refractivity contribution is 6.05. The molecule has 0 saturated carbocycles. The molecule has 0 aliphatic heterocycles. The summed E-state index contributed by atoms with van der Waals surface area (Å²) in [5.41, 5.74) is 2.38. The molecule has 3 aromatic rings. The van der Waals surface area contributed by atoms with Crippen LogP contribution in [0.15, 0.2) is 60.8 Å². The van der Waals surface area contributed by atoms with Gasteiger partial charge >= 0.3 is 0 Å². The van der Waals surface area contributed by atoms with E-state index in [0.717, 1.165) is 17.7 Å². The highest BCUT2D eigenvalue weighted by Crippen LogP contribution is 2.19. The molecule has 126 valence electrons. The summed E-state index contributed by atoms with van der Waals surface area (Å²) in [5, 5.41) is 5.63. The molecule has 3 rings (SSSR count). The first-order chi connectivity index (χ1) is 12.0. The zero-order chi connectivity index (χ0) is 17.8. The van der Waals surface area contributed by atoms with Crippen molar-refractivity contribution in [2.75, 3.05) is 10.6 Å². The van der Waals surface area contributed by atoms with Crippen LogP contribution in [0.3, 0.4) is 0 Å². The maximum atomic E-state index is 13.2. The van der Waals surface area contributed by atoms with E-state index in [1.807, 2.05) is 19.1 Å². The van der Waals surface area contributed by atoms with Gasteiger partial charge in [-0.2, -0.15) is 0 Å². The second kappa shape index (κ2) is 7.09. The van der Waals surface area contributed by atoms with Crippen LogP contribution in [0, 0.1) is 18.6 Å². The molecule has 2 N–H and O–H groups in total. The number of halogens is 2. The number of amides is 1. The maximum Gasteiger partial charge on any atom is 0.255 e. The van der Waals surface area contributed by atoms with Crippen molar-refractivity contribution < 1.29 is 13.6 Å². The molecule has 1 amide bonds. The van der Waals surface area contributed by atoms with Gasteiger partial charge in [-0.3, -0.25) is 4.79 Å². The topological polar surface area (TPSA) is 54.0 Å². The van der Waals surface area contributed by atoms with Gasteiger partial charge in [-0.25, -0.2) is 13.8 Å². The van der Waals surface area contributed by atoms with Crippen molar-refractivity contribution >= 4 is 23.1 Å². The van der Waals surface area contributed by atoms with Crippen molar-refractivity contribution in [3.8, 4) is 0 Å². The predicted octanol–water partition coefficient (Wildman–Crippen LogP) is 4.66. The summed E-state index contributed by atoms with van der Waals surface area (Å²) in [4.78, 5) is 16.4. The zero-order valence-electron chi connectivity index (χ0n) is 13.4. The van der Waals surface area contributed by atoms with Crippen LogP contribution in [0.1, 0.15) is 15.9 Å². The van der Waals surface area contributed by atoms with Crippen LogP contribution < -0.4 is 10.6 Å². The Morgan fingerprint density at radius 3 is 2.40 bits per heavy atom. The predicted molar refractivity (Wildman–Crippen MR) is 93.0 cm³/mol. The van der Waals surface area contributed by atoms with Gasteiger partial charge in [-0.15, -0.1) is 0 Å². The number of pyridine rings is 1. The van der Waals surface area contributed by atoms with Gasteiger partial charge in [0.1, 0.15) is 5.82 Å². The average Bonchev–Trinajstić information content (AvgIpc) is 2.60. The Labute approximate surface area is 143 Å². The van der Waals surface area contributed by atoms with Gasteiger partial charge < -0.3 is 10.6 Å². The molecular weight excluding hydrogens is 324 g/mol. The molecule has 0 aliphatic rings. The number of benzene rings is 2. The van der Waals surface area contributed by atoms with Crippen molar-refractivity contribution in [1.82, 2.24) is 4.98 Å². The van der Waals surface area contributed by atoms with E-state index in [0.29, 0.717) is 22.8 Å². The molecule has 25 heavy (non-hydrogen) atoms. The Bertz CT molecular complexity index is 911. The molecule has 1 heterocycles. The summed E-state index contributed by atoms with van der Waals surface area (Å²) in [6.07, 6.45) is 1.48. The second-order valence-corrected chi connectivity index (χ2v) is 5.46. The van der Waals surface area contributed by atoms with Crippen LogP contribution in [0.2, 0.25) is 0 Å². The Morgan fingerprint density at radius 2 is 1.72 bits per heavy atom. The van der Waals surface area contributed by atoms with Crippen LogP contribution in [-0.2, 0) is 0 Å². The van der Waals surface area contributed by atoms with Crippen LogP contribution in [0.4, 0.5) is 26.0 Å². The lowest BCUT2D eigenvalue weighted by Crippen LogP contribution is -2.13. The van der Waals surface area contributed by atoms with Crippen LogP contribution in [0.5, 0.6) is 0 Å². The molecule has 0 atom stereocenters. The molecule has 0 radical (unpaired) electrons. The minimum Gasteiger partial charge on any atom is -0.340 e. The summed E-state index contributed by atoms with van der Waals surface area (Å²) >= 11 is 0. The van der Waals surface area contributed by atoms with Crippen LogP contribution in [0.25, 0.3) is 0 Å². The third-order valence-electron chi connectivity index (χ3n) is 3.60. The highest BCUT2D eigenvalue weighted by Gasteiger charge is 2.09. The summed E-state index contributed by atoms with van der Waals surface area (Å²) in [5.74, 6) is -1.62. The summed E-state index contributed by atoms with van der Waals surface area (Å²) in [6.45, 7) is 1.86. The number of nitrogens with one attached hydrogen (secondary N) is 2. The fourth-order valence-electron chi connectivity index (χ4n) is 2.29. The van der Waals surface area contributed by atoms with E-state index in [9.17, 15) is 13.6 Å². The fourth-order valence-corrected chi connectivity index (χ4v) is 2.29. The summed E-state index contributed by atoms with van der Waals surface area (Å²) in [6, 6.07) is 14.1. The maximum absolute atomic E-state index is 13.2. The number of anilines is 3. The molecule has 4 nitrogen and oxygen atoms in total. The first-order valence-electron chi connectivity index (χ1n) is 7.58. The van der Waals surface area contributed by atoms with E-state index in [1.165, 1.54) is 12.3 Å². The van der Waals surface area contributed by atoms with Gasteiger partial charge in [0.25, 0.3) is 5.91 Å². The number of aryl methyl sites for hydroxylation is 1. The molecule has 0 spiro atoms. The first-order valence-corrected chi connectivity index (χ1v) is 7.58. The number of hydrogen-bond donors (Lipinski definition) is 2. The highest BCUT2D eigenvalue weighted by atomic mass is 19.2. The second-order valence-electron chi connectivity index (χ2n) is 5.46. The van der Waals surface area contributed by atoms with Crippen molar-refractivity contribution in [3.63, 3.8) is 0 Å². The molecule has 1 aromatic heterocycles. The number of rotatable bonds is 4. The number of aromatic nitrogens is 1. The lowest BCUT2D eigenvalue weighted by Gasteiger charge is -2.09. The van der Waals surface area contributed by atoms with Gasteiger partial charge in [-0.1, -0.05) is 18.2 Å². The average molecular weight is 339 g/mol. The SMILES string of the molecule is Cc1ccccc1C(=O)Nc1ccc(Nc2ccc(F)c(F)c2)nc1. The number of hydrogen-bond acceptors (Lipinski definition) is 3. The van der Waals surface area contributed by atoms with E-state index < -0.39 is 11.6 Å². The molecule has 2 aromatic carbocycles. The zero-order valence-corrected chi connectivity index (χ0v) is 13.4. The lowest BCUT2D eigenvalue weighted by atomic mass is 10.1. The Kier molecular flexibility index (Phi) is 4.70. The van der Waals surface area contributed by atoms with Crippen LogP contribution in [-0.4, -0.2) is 10.9 Å². The largest absolute Gasteiger partial charge is 0.340 e. The number of nitrogens with zero attached hydrogens (tertiary/aromatic N) is 1. The van der Waals surface area contributed by atoms with Gasteiger partial charge in [0, 0.05) is 17.3 Å². The van der Waals surface area contributed by atoms with Gasteiger partial charge in [0.15, 0.2) is 11.6 Å². The molecule has 0 fully saturated rings. The Hall–Kier alpha value is -3.28. The van der Waals surface area contributed by atoms with E-state index in [1.54, 1.807) is 24.3 Å². The van der Waals surface area contributed by atoms with Crippen molar-refractivity contribution in [2.24, 2.45) is 0 Å². The van der Waals surface area contributed by atoms with Crippen molar-refractivity contribution in [2.45, 2.75) is 6.92 Å². The summed E-state index contributed by atoms with van der Waals surface area (Å²) < 4.78 is 26.1. The fraction of sp³-hybridized carbons (Fsp3) is 0.0526. The van der Waals surface area contributed by atoms with E-state index in [-0.39, 0.29) is 5.91 Å². The molecule has 0 saturated heterocycles. The molecule has 0 bridgehead atoms. The monoisotopic (exact) mass is 339 g/mol. The molecule has 0 aliphatic carbocycles. The van der Waals surface area contributed by atoms with Crippen molar-refractivity contribution in [3.05, 3.63) is 83.6 Å². The van der Waals surface area contributed by atoms with Gasteiger partial charge in [0.05, 0.1) is 11.9 Å². The van der Waals surface area contributed by atoms with Gasteiger partial charge in [0.2, 0.25) is 0 Å². The Morgan fingerprint density at radius 1 is 0.960 bits per heavy atom. The normalized spacial score (nSPS) is 10.4. The smallest absolute Gasteiger partial charge is 0.255 e. The lowest BCUT2D eigenvalue weighted by molar-refractivity contribution is 0.102. The third kappa shape index (κ3) is 3.98. The van der Waals surface area contributed by atoms with Crippen LogP contribution >= 0.6 is 0 Å².